The molecule has 3 rings (SSSR count). The highest BCUT2D eigenvalue weighted by atomic mass is 15.2. The van der Waals surface area contributed by atoms with Crippen LogP contribution in [0.15, 0.2) is 30.3 Å². The van der Waals surface area contributed by atoms with Crippen molar-refractivity contribution in [2.24, 2.45) is 11.8 Å². The summed E-state index contributed by atoms with van der Waals surface area (Å²) in [4.78, 5) is 2.79. The average Bonchev–Trinajstić information content (AvgIpc) is 2.62. The summed E-state index contributed by atoms with van der Waals surface area (Å²) in [6.07, 6.45) is 5.73. The number of benzene rings is 1. The molecule has 98 valence electrons. The average molecular weight is 243 g/mol. The molecule has 0 spiro atoms. The fourth-order valence-electron chi connectivity index (χ4n) is 3.91. The monoisotopic (exact) mass is 243 g/mol. The molecule has 2 bridgehead atoms. The van der Waals surface area contributed by atoms with E-state index < -0.39 is 0 Å². The smallest absolute Gasteiger partial charge is 0.0239 e. The zero-order valence-corrected chi connectivity index (χ0v) is 11.7. The van der Waals surface area contributed by atoms with Gasteiger partial charge in [-0.25, -0.2) is 0 Å². The van der Waals surface area contributed by atoms with Gasteiger partial charge in [0, 0.05) is 18.6 Å². The summed E-state index contributed by atoms with van der Waals surface area (Å²) in [5.74, 6) is 1.83. The molecule has 0 radical (unpaired) electrons. The van der Waals surface area contributed by atoms with E-state index in [4.69, 9.17) is 0 Å². The van der Waals surface area contributed by atoms with E-state index in [9.17, 15) is 0 Å². The predicted octanol–water partition coefficient (Wildman–Crippen LogP) is 4.09. The molecule has 0 saturated carbocycles. The summed E-state index contributed by atoms with van der Waals surface area (Å²) in [7, 11) is 0. The maximum absolute atomic E-state index is 2.79. The molecule has 2 aliphatic rings. The van der Waals surface area contributed by atoms with Crippen molar-refractivity contribution in [3.8, 4) is 0 Å². The van der Waals surface area contributed by atoms with E-state index in [-0.39, 0.29) is 0 Å². The second-order valence-corrected chi connectivity index (χ2v) is 6.52. The lowest BCUT2D eigenvalue weighted by Gasteiger charge is -2.40. The van der Waals surface area contributed by atoms with Crippen LogP contribution in [0.25, 0.3) is 0 Å². The van der Waals surface area contributed by atoms with Gasteiger partial charge in [0.05, 0.1) is 0 Å². The Labute approximate surface area is 111 Å². The second kappa shape index (κ2) is 5.05. The van der Waals surface area contributed by atoms with Crippen LogP contribution in [0.3, 0.4) is 0 Å². The van der Waals surface area contributed by atoms with Crippen LogP contribution in [-0.2, 0) is 6.54 Å². The van der Waals surface area contributed by atoms with Gasteiger partial charge in [0.1, 0.15) is 0 Å². The zero-order chi connectivity index (χ0) is 12.5. The third-order valence-corrected chi connectivity index (χ3v) is 5.07. The minimum absolute atomic E-state index is 0.858. The van der Waals surface area contributed by atoms with Crippen LogP contribution in [0, 0.1) is 11.8 Å². The Bertz CT molecular complexity index is 370. The third-order valence-electron chi connectivity index (χ3n) is 5.07. The first-order valence-electron chi connectivity index (χ1n) is 7.53. The Hall–Kier alpha value is -0.820. The lowest BCUT2D eigenvalue weighted by Crippen LogP contribution is -2.43. The second-order valence-electron chi connectivity index (χ2n) is 6.52. The van der Waals surface area contributed by atoms with Gasteiger partial charge in [-0.15, -0.1) is 0 Å². The molecule has 3 atom stereocenters. The van der Waals surface area contributed by atoms with Gasteiger partial charge in [-0.3, -0.25) is 4.90 Å². The summed E-state index contributed by atoms with van der Waals surface area (Å²) in [5, 5.41) is 0. The minimum atomic E-state index is 0.858. The highest BCUT2D eigenvalue weighted by Crippen LogP contribution is 2.41. The van der Waals surface area contributed by atoms with E-state index in [2.05, 4.69) is 49.1 Å². The Morgan fingerprint density at radius 1 is 1.06 bits per heavy atom. The molecule has 1 nitrogen and oxygen atoms in total. The van der Waals surface area contributed by atoms with E-state index in [0.717, 1.165) is 23.9 Å². The fourth-order valence-corrected chi connectivity index (χ4v) is 3.91. The Morgan fingerprint density at radius 3 is 2.22 bits per heavy atom. The van der Waals surface area contributed by atoms with Crippen LogP contribution in [-0.4, -0.2) is 17.0 Å². The SMILES string of the molecule is CC(C)[C@@H]1C[C@H]2CC[C@@H](C1)N2Cc1ccccc1. The van der Waals surface area contributed by atoms with E-state index in [1.54, 1.807) is 0 Å². The molecule has 0 N–H and O–H groups in total. The molecule has 2 heterocycles. The molecule has 0 aliphatic carbocycles. The number of fused-ring (bicyclic) bond motifs is 2. The van der Waals surface area contributed by atoms with Crippen LogP contribution >= 0.6 is 0 Å². The number of nitrogens with zero attached hydrogens (tertiary/aromatic N) is 1. The summed E-state index contributed by atoms with van der Waals surface area (Å²) < 4.78 is 0. The van der Waals surface area contributed by atoms with Gasteiger partial charge in [-0.2, -0.15) is 0 Å². The van der Waals surface area contributed by atoms with Crippen molar-refractivity contribution in [3.63, 3.8) is 0 Å². The van der Waals surface area contributed by atoms with Crippen molar-refractivity contribution < 1.29 is 0 Å². The topological polar surface area (TPSA) is 3.24 Å². The minimum Gasteiger partial charge on any atom is -0.293 e. The normalized spacial score (nSPS) is 32.1. The molecule has 0 unspecified atom stereocenters. The Morgan fingerprint density at radius 2 is 1.67 bits per heavy atom. The van der Waals surface area contributed by atoms with Gasteiger partial charge in [0.2, 0.25) is 0 Å². The van der Waals surface area contributed by atoms with Gasteiger partial charge in [-0.1, -0.05) is 44.2 Å². The van der Waals surface area contributed by atoms with E-state index in [1.807, 2.05) is 0 Å². The number of rotatable bonds is 3. The van der Waals surface area contributed by atoms with Gasteiger partial charge in [-0.05, 0) is 43.1 Å². The third kappa shape index (κ3) is 2.33. The molecule has 1 aromatic carbocycles. The zero-order valence-electron chi connectivity index (χ0n) is 11.7. The Kier molecular flexibility index (Phi) is 3.43. The molecule has 2 saturated heterocycles. The molecule has 2 fully saturated rings. The van der Waals surface area contributed by atoms with Gasteiger partial charge in [0.15, 0.2) is 0 Å². The molecule has 1 heteroatoms. The molecule has 0 aromatic heterocycles. The maximum Gasteiger partial charge on any atom is 0.0239 e. The highest BCUT2D eigenvalue weighted by Gasteiger charge is 2.40. The molecular formula is C17H25N. The highest BCUT2D eigenvalue weighted by molar-refractivity contribution is 5.15. The van der Waals surface area contributed by atoms with Crippen LogP contribution < -0.4 is 0 Å². The number of piperidine rings is 1. The van der Waals surface area contributed by atoms with Crippen LogP contribution in [0.1, 0.15) is 45.1 Å². The van der Waals surface area contributed by atoms with Crippen LogP contribution in [0.2, 0.25) is 0 Å². The van der Waals surface area contributed by atoms with Gasteiger partial charge < -0.3 is 0 Å². The van der Waals surface area contributed by atoms with Crippen LogP contribution in [0.4, 0.5) is 0 Å². The van der Waals surface area contributed by atoms with Crippen molar-refractivity contribution in [1.29, 1.82) is 0 Å². The van der Waals surface area contributed by atoms with Gasteiger partial charge >= 0.3 is 0 Å². The maximum atomic E-state index is 2.79. The largest absolute Gasteiger partial charge is 0.293 e. The lowest BCUT2D eigenvalue weighted by molar-refractivity contribution is 0.0786. The first kappa shape index (κ1) is 12.2. The standard InChI is InChI=1S/C17H25N/c1-13(2)15-10-16-8-9-17(11-15)18(16)12-14-6-4-3-5-7-14/h3-7,13,15-17H,8-12H2,1-2H3/t15-,16-,17+. The fraction of sp³-hybridized carbons (Fsp3) is 0.647. The van der Waals surface area contributed by atoms with Crippen LogP contribution in [0.5, 0.6) is 0 Å². The van der Waals surface area contributed by atoms with Crippen molar-refractivity contribution >= 4 is 0 Å². The Balaban J connectivity index is 1.69. The van der Waals surface area contributed by atoms with Crippen molar-refractivity contribution in [1.82, 2.24) is 4.90 Å². The molecule has 2 aliphatic heterocycles. The van der Waals surface area contributed by atoms with Crippen molar-refractivity contribution in [3.05, 3.63) is 35.9 Å². The van der Waals surface area contributed by atoms with Crippen molar-refractivity contribution in [2.75, 3.05) is 0 Å². The van der Waals surface area contributed by atoms with E-state index in [0.29, 0.717) is 0 Å². The number of hydrogen-bond donors (Lipinski definition) is 0. The molecule has 18 heavy (non-hydrogen) atoms. The lowest BCUT2D eigenvalue weighted by atomic mass is 9.82. The summed E-state index contributed by atoms with van der Waals surface area (Å²) in [6, 6.07) is 12.7. The molecule has 1 aromatic rings. The molecular weight excluding hydrogens is 218 g/mol. The van der Waals surface area contributed by atoms with E-state index >= 15 is 0 Å². The summed E-state index contributed by atoms with van der Waals surface area (Å²) in [6.45, 7) is 5.97. The van der Waals surface area contributed by atoms with Gasteiger partial charge in [0.25, 0.3) is 0 Å². The quantitative estimate of drug-likeness (QED) is 0.773. The van der Waals surface area contributed by atoms with E-state index in [1.165, 1.54) is 37.8 Å². The summed E-state index contributed by atoms with van der Waals surface area (Å²) in [5.41, 5.74) is 1.48. The first-order chi connectivity index (χ1) is 8.74. The summed E-state index contributed by atoms with van der Waals surface area (Å²) >= 11 is 0. The number of hydrogen-bond acceptors (Lipinski definition) is 1. The molecule has 0 amide bonds. The predicted molar refractivity (Wildman–Crippen MR) is 76.4 cm³/mol. The van der Waals surface area contributed by atoms with Crippen molar-refractivity contribution in [2.45, 2.75) is 58.2 Å². The first-order valence-corrected chi connectivity index (χ1v) is 7.53.